The quantitative estimate of drug-likeness (QED) is 0.367. The number of rotatable bonds is 10. The Morgan fingerprint density at radius 2 is 2.08 bits per heavy atom. The van der Waals surface area contributed by atoms with Crippen molar-refractivity contribution in [3.05, 3.63) is 29.8 Å². The molecular formula is C18H30N4O3S. The molecule has 2 N–H and O–H groups in total. The lowest BCUT2D eigenvalue weighted by atomic mass is 10.2. The normalized spacial score (nSPS) is 15.0. The van der Waals surface area contributed by atoms with Gasteiger partial charge in [-0.2, -0.15) is 0 Å². The molecule has 0 bridgehead atoms. The van der Waals surface area contributed by atoms with Crippen LogP contribution in [0.2, 0.25) is 0 Å². The second-order valence-corrected chi connectivity index (χ2v) is 8.39. The second kappa shape index (κ2) is 9.78. The SMILES string of the molecule is CCNC(=NCc1ccccc1NS(C)(=O)=O)N(C)CCOCC1CC1. The van der Waals surface area contributed by atoms with E-state index in [1.807, 2.05) is 31.0 Å². The number of sulfonamides is 1. The van der Waals surface area contributed by atoms with Crippen molar-refractivity contribution in [2.75, 3.05) is 44.3 Å². The summed E-state index contributed by atoms with van der Waals surface area (Å²) in [5.41, 5.74) is 1.39. The van der Waals surface area contributed by atoms with Gasteiger partial charge in [0.1, 0.15) is 0 Å². The maximum Gasteiger partial charge on any atom is 0.229 e. The number of ether oxygens (including phenoxy) is 1. The van der Waals surface area contributed by atoms with Gasteiger partial charge in [0.2, 0.25) is 10.0 Å². The molecule has 1 fully saturated rings. The van der Waals surface area contributed by atoms with Crippen LogP contribution in [0.1, 0.15) is 25.3 Å². The highest BCUT2D eigenvalue weighted by Gasteiger charge is 2.21. The number of guanidine groups is 1. The van der Waals surface area contributed by atoms with Crippen molar-refractivity contribution in [2.24, 2.45) is 10.9 Å². The zero-order chi connectivity index (χ0) is 19.0. The zero-order valence-electron chi connectivity index (χ0n) is 15.9. The van der Waals surface area contributed by atoms with Crippen LogP contribution in [0.5, 0.6) is 0 Å². The van der Waals surface area contributed by atoms with Gasteiger partial charge in [-0.15, -0.1) is 0 Å². The number of para-hydroxylation sites is 1. The standard InChI is InChI=1S/C18H30N4O3S/c1-4-19-18(22(2)11-12-25-14-15-9-10-15)20-13-16-7-5-6-8-17(16)21-26(3,23)24/h5-8,15,21H,4,9-14H2,1-3H3,(H,19,20). The van der Waals surface area contributed by atoms with Crippen molar-refractivity contribution in [1.82, 2.24) is 10.2 Å². The summed E-state index contributed by atoms with van der Waals surface area (Å²) in [7, 11) is -1.35. The Morgan fingerprint density at radius 3 is 2.73 bits per heavy atom. The molecule has 1 saturated carbocycles. The Bertz CT molecular complexity index is 702. The van der Waals surface area contributed by atoms with E-state index in [-0.39, 0.29) is 0 Å². The Labute approximate surface area is 156 Å². The summed E-state index contributed by atoms with van der Waals surface area (Å²) < 4.78 is 31.3. The molecule has 0 heterocycles. The molecule has 0 unspecified atom stereocenters. The molecule has 0 aromatic heterocycles. The van der Waals surface area contributed by atoms with Crippen LogP contribution in [-0.4, -0.2) is 58.9 Å². The molecule has 0 aliphatic heterocycles. The number of hydrogen-bond acceptors (Lipinski definition) is 4. The highest BCUT2D eigenvalue weighted by molar-refractivity contribution is 7.92. The summed E-state index contributed by atoms with van der Waals surface area (Å²) in [6.45, 7) is 5.44. The molecule has 1 aliphatic rings. The van der Waals surface area contributed by atoms with Crippen LogP contribution in [0.4, 0.5) is 5.69 Å². The third-order valence-electron chi connectivity index (χ3n) is 4.03. The molecule has 146 valence electrons. The molecule has 1 aromatic carbocycles. The molecule has 1 aromatic rings. The van der Waals surface area contributed by atoms with Gasteiger partial charge in [0.25, 0.3) is 0 Å². The van der Waals surface area contributed by atoms with Crippen molar-refractivity contribution in [2.45, 2.75) is 26.3 Å². The number of nitrogens with zero attached hydrogens (tertiary/aromatic N) is 2. The number of hydrogen-bond donors (Lipinski definition) is 2. The molecule has 0 amide bonds. The Balaban J connectivity index is 1.96. The van der Waals surface area contributed by atoms with Crippen LogP contribution >= 0.6 is 0 Å². The minimum absolute atomic E-state index is 0.383. The zero-order valence-corrected chi connectivity index (χ0v) is 16.7. The highest BCUT2D eigenvalue weighted by atomic mass is 32.2. The smallest absolute Gasteiger partial charge is 0.229 e. The third kappa shape index (κ3) is 7.61. The fourth-order valence-electron chi connectivity index (χ4n) is 2.43. The van der Waals surface area contributed by atoms with E-state index < -0.39 is 10.0 Å². The van der Waals surface area contributed by atoms with Crippen LogP contribution in [-0.2, 0) is 21.3 Å². The highest BCUT2D eigenvalue weighted by Crippen LogP contribution is 2.28. The van der Waals surface area contributed by atoms with Gasteiger partial charge < -0.3 is 15.0 Å². The predicted molar refractivity (Wildman–Crippen MR) is 106 cm³/mol. The summed E-state index contributed by atoms with van der Waals surface area (Å²) in [5, 5.41) is 3.26. The molecule has 7 nitrogen and oxygen atoms in total. The van der Waals surface area contributed by atoms with E-state index in [1.54, 1.807) is 12.1 Å². The molecule has 26 heavy (non-hydrogen) atoms. The molecule has 0 spiro atoms. The van der Waals surface area contributed by atoms with Crippen LogP contribution in [0, 0.1) is 5.92 Å². The van der Waals surface area contributed by atoms with Gasteiger partial charge in [0.05, 0.1) is 25.1 Å². The summed E-state index contributed by atoms with van der Waals surface area (Å²) in [6.07, 6.45) is 3.73. The lowest BCUT2D eigenvalue weighted by molar-refractivity contribution is 0.115. The first-order valence-corrected chi connectivity index (χ1v) is 10.9. The molecule has 0 saturated heterocycles. The van der Waals surface area contributed by atoms with Gasteiger partial charge >= 0.3 is 0 Å². The van der Waals surface area contributed by atoms with Crippen LogP contribution < -0.4 is 10.0 Å². The van der Waals surface area contributed by atoms with E-state index in [4.69, 9.17) is 4.74 Å². The van der Waals surface area contributed by atoms with E-state index in [9.17, 15) is 8.42 Å². The first kappa shape index (κ1) is 20.5. The molecule has 0 radical (unpaired) electrons. The molecular weight excluding hydrogens is 352 g/mol. The van der Waals surface area contributed by atoms with Crippen LogP contribution in [0.3, 0.4) is 0 Å². The van der Waals surface area contributed by atoms with Gasteiger partial charge in [-0.3, -0.25) is 4.72 Å². The fourth-order valence-corrected chi connectivity index (χ4v) is 3.03. The monoisotopic (exact) mass is 382 g/mol. The molecule has 0 atom stereocenters. The fraction of sp³-hybridized carbons (Fsp3) is 0.611. The Morgan fingerprint density at radius 1 is 1.35 bits per heavy atom. The molecule has 8 heteroatoms. The summed E-state index contributed by atoms with van der Waals surface area (Å²) in [5.74, 6) is 1.54. The number of nitrogens with one attached hydrogen (secondary N) is 2. The van der Waals surface area contributed by atoms with E-state index in [1.165, 1.54) is 12.8 Å². The number of benzene rings is 1. The van der Waals surface area contributed by atoms with Crippen molar-refractivity contribution < 1.29 is 13.2 Å². The number of anilines is 1. The lowest BCUT2D eigenvalue weighted by Gasteiger charge is -2.22. The average molecular weight is 383 g/mol. The largest absolute Gasteiger partial charge is 0.379 e. The van der Waals surface area contributed by atoms with E-state index in [2.05, 4.69) is 15.0 Å². The number of likely N-dealkylation sites (N-methyl/N-ethyl adjacent to an activating group) is 1. The first-order chi connectivity index (χ1) is 12.4. The third-order valence-corrected chi connectivity index (χ3v) is 4.62. The topological polar surface area (TPSA) is 83.0 Å². The van der Waals surface area contributed by atoms with Gasteiger partial charge in [0.15, 0.2) is 5.96 Å². The van der Waals surface area contributed by atoms with Gasteiger partial charge in [0, 0.05) is 26.7 Å². The van der Waals surface area contributed by atoms with Crippen molar-refractivity contribution >= 4 is 21.7 Å². The van der Waals surface area contributed by atoms with E-state index in [0.29, 0.717) is 18.8 Å². The Kier molecular flexibility index (Phi) is 7.71. The molecule has 1 aliphatic carbocycles. The van der Waals surface area contributed by atoms with Crippen molar-refractivity contribution in [1.29, 1.82) is 0 Å². The summed E-state index contributed by atoms with van der Waals surface area (Å²) in [4.78, 5) is 6.67. The minimum Gasteiger partial charge on any atom is -0.379 e. The van der Waals surface area contributed by atoms with Crippen molar-refractivity contribution in [3.63, 3.8) is 0 Å². The van der Waals surface area contributed by atoms with Gasteiger partial charge in [-0.05, 0) is 37.3 Å². The first-order valence-electron chi connectivity index (χ1n) is 9.02. The average Bonchev–Trinajstić information content (AvgIpc) is 3.39. The van der Waals surface area contributed by atoms with Gasteiger partial charge in [-0.1, -0.05) is 18.2 Å². The van der Waals surface area contributed by atoms with E-state index >= 15 is 0 Å². The maximum atomic E-state index is 11.5. The summed E-state index contributed by atoms with van der Waals surface area (Å²) >= 11 is 0. The van der Waals surface area contributed by atoms with E-state index in [0.717, 1.165) is 43.4 Å². The van der Waals surface area contributed by atoms with Crippen molar-refractivity contribution in [3.8, 4) is 0 Å². The van der Waals surface area contributed by atoms with Crippen LogP contribution in [0.15, 0.2) is 29.3 Å². The van der Waals surface area contributed by atoms with Crippen LogP contribution in [0.25, 0.3) is 0 Å². The molecule has 2 rings (SSSR count). The summed E-state index contributed by atoms with van der Waals surface area (Å²) in [6, 6.07) is 7.30. The second-order valence-electron chi connectivity index (χ2n) is 6.64. The lowest BCUT2D eigenvalue weighted by Crippen LogP contribution is -2.40. The number of aliphatic imine (C=N–C) groups is 1. The van der Waals surface area contributed by atoms with Gasteiger partial charge in [-0.25, -0.2) is 13.4 Å². The maximum absolute atomic E-state index is 11.5. The predicted octanol–water partition coefficient (Wildman–Crippen LogP) is 1.88. The minimum atomic E-state index is -3.32. The Hall–Kier alpha value is -1.80.